The van der Waals surface area contributed by atoms with Crippen molar-refractivity contribution in [2.75, 3.05) is 0 Å². The van der Waals surface area contributed by atoms with E-state index >= 15 is 0 Å². The molecule has 102 valence electrons. The van der Waals surface area contributed by atoms with Crippen LogP contribution in [0.4, 0.5) is 0 Å². The number of nitrogens with zero attached hydrogens (tertiary/aromatic N) is 2. The molecule has 0 unspecified atom stereocenters. The molecule has 18 heavy (non-hydrogen) atoms. The summed E-state index contributed by atoms with van der Waals surface area (Å²) in [6, 6.07) is 2.07. The predicted octanol–water partition coefficient (Wildman–Crippen LogP) is 3.26. The Morgan fingerprint density at radius 1 is 1.22 bits per heavy atom. The van der Waals surface area contributed by atoms with Gasteiger partial charge in [-0.2, -0.15) is 0 Å². The van der Waals surface area contributed by atoms with Gasteiger partial charge in [-0.3, -0.25) is 0 Å². The van der Waals surface area contributed by atoms with Crippen molar-refractivity contribution < 1.29 is 0 Å². The van der Waals surface area contributed by atoms with E-state index in [0.717, 1.165) is 36.6 Å². The van der Waals surface area contributed by atoms with Gasteiger partial charge < -0.3 is 5.32 Å². The Balaban J connectivity index is 2.68. The van der Waals surface area contributed by atoms with Crippen LogP contribution in [0.5, 0.6) is 0 Å². The molecule has 0 saturated heterocycles. The number of nitrogens with one attached hydrogen (secondary N) is 1. The molecular formula is C15H27N3. The van der Waals surface area contributed by atoms with Crippen molar-refractivity contribution in [1.29, 1.82) is 0 Å². The molecule has 0 aliphatic heterocycles. The number of rotatable bonds is 5. The summed E-state index contributed by atoms with van der Waals surface area (Å²) >= 11 is 0. The molecule has 0 amide bonds. The van der Waals surface area contributed by atoms with Crippen LogP contribution < -0.4 is 5.32 Å². The average Bonchev–Trinajstić information content (AvgIpc) is 2.22. The fourth-order valence-corrected chi connectivity index (χ4v) is 1.68. The fourth-order valence-electron chi connectivity index (χ4n) is 1.68. The molecular weight excluding hydrogens is 222 g/mol. The maximum absolute atomic E-state index is 4.64. The first-order chi connectivity index (χ1) is 8.26. The van der Waals surface area contributed by atoms with Crippen LogP contribution in [-0.4, -0.2) is 15.5 Å². The Kier molecular flexibility index (Phi) is 5.27. The summed E-state index contributed by atoms with van der Waals surface area (Å²) < 4.78 is 0. The Morgan fingerprint density at radius 2 is 1.89 bits per heavy atom. The van der Waals surface area contributed by atoms with Gasteiger partial charge in [0, 0.05) is 24.2 Å². The second-order valence-corrected chi connectivity index (χ2v) is 6.45. The van der Waals surface area contributed by atoms with Crippen molar-refractivity contribution >= 4 is 0 Å². The van der Waals surface area contributed by atoms with Crippen LogP contribution in [0.1, 0.15) is 58.3 Å². The summed E-state index contributed by atoms with van der Waals surface area (Å²) in [5, 5.41) is 3.47. The molecule has 0 spiro atoms. The normalized spacial score (nSPS) is 12.2. The van der Waals surface area contributed by atoms with Crippen LogP contribution in [0.15, 0.2) is 6.07 Å². The molecule has 0 radical (unpaired) electrons. The quantitative estimate of drug-likeness (QED) is 0.870. The largest absolute Gasteiger partial charge is 0.306 e. The van der Waals surface area contributed by atoms with Crippen molar-refractivity contribution in [1.82, 2.24) is 15.3 Å². The predicted molar refractivity (Wildman–Crippen MR) is 76.5 cm³/mol. The third-order valence-electron chi connectivity index (χ3n) is 2.70. The zero-order valence-corrected chi connectivity index (χ0v) is 12.7. The second-order valence-electron chi connectivity index (χ2n) is 6.45. The molecule has 0 fully saturated rings. The van der Waals surface area contributed by atoms with Crippen molar-refractivity contribution in [3.05, 3.63) is 23.3 Å². The van der Waals surface area contributed by atoms with E-state index in [2.05, 4.69) is 56.0 Å². The molecule has 1 aromatic rings. The summed E-state index contributed by atoms with van der Waals surface area (Å²) in [4.78, 5) is 9.15. The smallest absolute Gasteiger partial charge is 0.128 e. The van der Waals surface area contributed by atoms with Crippen LogP contribution in [0.2, 0.25) is 0 Å². The average molecular weight is 249 g/mol. The van der Waals surface area contributed by atoms with E-state index in [0.29, 0.717) is 5.92 Å². The van der Waals surface area contributed by atoms with E-state index in [1.54, 1.807) is 0 Å². The Hall–Kier alpha value is -0.960. The summed E-state index contributed by atoms with van der Waals surface area (Å²) in [5.41, 5.74) is 2.28. The molecule has 0 aliphatic carbocycles. The Morgan fingerprint density at radius 3 is 2.44 bits per heavy atom. The molecule has 0 saturated carbocycles. The van der Waals surface area contributed by atoms with Gasteiger partial charge in [-0.1, -0.05) is 13.8 Å². The molecule has 3 nitrogen and oxygen atoms in total. The van der Waals surface area contributed by atoms with Gasteiger partial charge in [-0.15, -0.1) is 0 Å². The molecule has 1 N–H and O–H groups in total. The zero-order chi connectivity index (χ0) is 13.8. The van der Waals surface area contributed by atoms with Crippen LogP contribution in [0.3, 0.4) is 0 Å². The number of aryl methyl sites for hydroxylation is 2. The topological polar surface area (TPSA) is 37.8 Å². The highest BCUT2D eigenvalue weighted by Gasteiger charge is 2.10. The number of hydrogen-bond acceptors (Lipinski definition) is 3. The van der Waals surface area contributed by atoms with Crippen LogP contribution in [0.25, 0.3) is 0 Å². The van der Waals surface area contributed by atoms with Gasteiger partial charge in [-0.05, 0) is 46.1 Å². The molecule has 0 aromatic carbocycles. The molecule has 3 heteroatoms. The van der Waals surface area contributed by atoms with Gasteiger partial charge in [0.15, 0.2) is 0 Å². The van der Waals surface area contributed by atoms with Gasteiger partial charge in [0.2, 0.25) is 0 Å². The van der Waals surface area contributed by atoms with Gasteiger partial charge in [0.1, 0.15) is 5.82 Å². The van der Waals surface area contributed by atoms with E-state index in [1.807, 2.05) is 6.92 Å². The summed E-state index contributed by atoms with van der Waals surface area (Å²) in [5.74, 6) is 1.68. The Labute approximate surface area is 111 Å². The van der Waals surface area contributed by atoms with E-state index in [4.69, 9.17) is 0 Å². The van der Waals surface area contributed by atoms with E-state index in [9.17, 15) is 0 Å². The third-order valence-corrected chi connectivity index (χ3v) is 2.70. The van der Waals surface area contributed by atoms with E-state index in [1.165, 1.54) is 0 Å². The molecule has 1 aromatic heterocycles. The summed E-state index contributed by atoms with van der Waals surface area (Å²) in [6.07, 6.45) is 2.12. The first kappa shape index (κ1) is 15.1. The van der Waals surface area contributed by atoms with Crippen LogP contribution >= 0.6 is 0 Å². The molecule has 0 atom stereocenters. The van der Waals surface area contributed by atoms with Crippen LogP contribution in [0, 0.1) is 12.8 Å². The number of aromatic nitrogens is 2. The third kappa shape index (κ3) is 6.10. The summed E-state index contributed by atoms with van der Waals surface area (Å²) in [7, 11) is 0. The lowest BCUT2D eigenvalue weighted by molar-refractivity contribution is 0.420. The SMILES string of the molecule is Cc1cc(CNC(C)(C)C)nc(CCC(C)C)n1. The minimum atomic E-state index is 0.122. The van der Waals surface area contributed by atoms with Crippen molar-refractivity contribution in [3.63, 3.8) is 0 Å². The van der Waals surface area contributed by atoms with E-state index < -0.39 is 0 Å². The maximum Gasteiger partial charge on any atom is 0.128 e. The maximum atomic E-state index is 4.64. The zero-order valence-electron chi connectivity index (χ0n) is 12.7. The van der Waals surface area contributed by atoms with Gasteiger partial charge in [0.25, 0.3) is 0 Å². The minimum absolute atomic E-state index is 0.122. The first-order valence-electron chi connectivity index (χ1n) is 6.85. The lowest BCUT2D eigenvalue weighted by atomic mass is 10.1. The highest BCUT2D eigenvalue weighted by Crippen LogP contribution is 2.08. The molecule has 1 heterocycles. The first-order valence-corrected chi connectivity index (χ1v) is 6.85. The van der Waals surface area contributed by atoms with Crippen molar-refractivity contribution in [3.8, 4) is 0 Å². The number of hydrogen-bond donors (Lipinski definition) is 1. The second kappa shape index (κ2) is 6.28. The van der Waals surface area contributed by atoms with Gasteiger partial charge >= 0.3 is 0 Å². The molecule has 1 rings (SSSR count). The molecule has 0 aliphatic rings. The summed E-state index contributed by atoms with van der Waals surface area (Å²) in [6.45, 7) is 13.8. The lowest BCUT2D eigenvalue weighted by Gasteiger charge is -2.20. The van der Waals surface area contributed by atoms with Crippen molar-refractivity contribution in [2.45, 2.75) is 66.5 Å². The van der Waals surface area contributed by atoms with E-state index in [-0.39, 0.29) is 5.54 Å². The monoisotopic (exact) mass is 249 g/mol. The lowest BCUT2D eigenvalue weighted by Crippen LogP contribution is -2.35. The molecule has 0 bridgehead atoms. The van der Waals surface area contributed by atoms with Gasteiger partial charge in [0.05, 0.1) is 5.69 Å². The van der Waals surface area contributed by atoms with Crippen LogP contribution in [-0.2, 0) is 13.0 Å². The Bertz CT molecular complexity index is 378. The standard InChI is InChI=1S/C15H27N3/c1-11(2)7-8-14-17-12(3)9-13(18-14)10-16-15(4,5)6/h9,11,16H,7-8,10H2,1-6H3. The van der Waals surface area contributed by atoms with Gasteiger partial charge in [-0.25, -0.2) is 9.97 Å². The highest BCUT2D eigenvalue weighted by molar-refractivity contribution is 5.10. The fraction of sp³-hybridized carbons (Fsp3) is 0.733. The highest BCUT2D eigenvalue weighted by atomic mass is 15.0. The minimum Gasteiger partial charge on any atom is -0.306 e. The van der Waals surface area contributed by atoms with Crippen molar-refractivity contribution in [2.24, 2.45) is 5.92 Å².